The highest BCUT2D eigenvalue weighted by molar-refractivity contribution is 5.65. The molecule has 0 saturated heterocycles. The Bertz CT molecular complexity index is 469. The van der Waals surface area contributed by atoms with E-state index in [0.717, 1.165) is 5.69 Å². The first-order valence-corrected chi connectivity index (χ1v) is 6.45. The van der Waals surface area contributed by atoms with Crippen LogP contribution in [0.1, 0.15) is 43.7 Å². The quantitative estimate of drug-likeness (QED) is 0.760. The Balaban J connectivity index is 1.93. The van der Waals surface area contributed by atoms with Crippen molar-refractivity contribution in [2.45, 2.75) is 38.0 Å². The smallest absolute Gasteiger partial charge is 0.131 e. The molecule has 0 N–H and O–H groups in total. The van der Waals surface area contributed by atoms with Gasteiger partial charge < -0.3 is 4.52 Å². The van der Waals surface area contributed by atoms with E-state index in [2.05, 4.69) is 29.4 Å². The Hall–Kier alpha value is -1.57. The third-order valence-electron chi connectivity index (χ3n) is 3.67. The van der Waals surface area contributed by atoms with Gasteiger partial charge in [-0.2, -0.15) is 0 Å². The maximum atomic E-state index is 5.20. The van der Waals surface area contributed by atoms with E-state index in [4.69, 9.17) is 4.52 Å². The van der Waals surface area contributed by atoms with Crippen molar-refractivity contribution in [2.75, 3.05) is 0 Å². The van der Waals surface area contributed by atoms with Gasteiger partial charge in [0.25, 0.3) is 0 Å². The van der Waals surface area contributed by atoms with E-state index in [0.29, 0.717) is 5.92 Å². The average molecular weight is 227 g/mol. The highest BCUT2D eigenvalue weighted by atomic mass is 16.5. The molecule has 1 heterocycles. The monoisotopic (exact) mass is 227 g/mol. The second-order valence-electron chi connectivity index (χ2n) is 4.81. The van der Waals surface area contributed by atoms with Crippen LogP contribution in [0.15, 0.2) is 41.1 Å². The van der Waals surface area contributed by atoms with Crippen LogP contribution in [0.4, 0.5) is 0 Å². The van der Waals surface area contributed by atoms with Gasteiger partial charge >= 0.3 is 0 Å². The van der Waals surface area contributed by atoms with E-state index >= 15 is 0 Å². The molecule has 1 saturated carbocycles. The molecule has 1 aromatic heterocycles. The van der Waals surface area contributed by atoms with E-state index in [9.17, 15) is 0 Å². The Morgan fingerprint density at radius 1 is 1.00 bits per heavy atom. The molecule has 2 heteroatoms. The van der Waals surface area contributed by atoms with Crippen molar-refractivity contribution < 1.29 is 4.52 Å². The summed E-state index contributed by atoms with van der Waals surface area (Å²) in [5, 5.41) is 4.24. The predicted octanol–water partition coefficient (Wildman–Crippen LogP) is 4.39. The zero-order valence-corrected chi connectivity index (χ0v) is 9.93. The maximum Gasteiger partial charge on any atom is 0.131 e. The van der Waals surface area contributed by atoms with Gasteiger partial charge in [0.1, 0.15) is 6.26 Å². The lowest BCUT2D eigenvalue weighted by Gasteiger charge is -2.20. The Morgan fingerprint density at radius 3 is 2.53 bits per heavy atom. The van der Waals surface area contributed by atoms with Gasteiger partial charge in [-0.3, -0.25) is 0 Å². The number of hydrogen-bond donors (Lipinski definition) is 0. The molecule has 0 radical (unpaired) electrons. The summed E-state index contributed by atoms with van der Waals surface area (Å²) in [6.07, 6.45) is 8.32. The van der Waals surface area contributed by atoms with Gasteiger partial charge in [-0.25, -0.2) is 0 Å². The van der Waals surface area contributed by atoms with Crippen LogP contribution in [0.25, 0.3) is 11.1 Å². The van der Waals surface area contributed by atoms with E-state index < -0.39 is 0 Å². The van der Waals surface area contributed by atoms with E-state index in [1.165, 1.54) is 43.2 Å². The molecule has 0 atom stereocenters. The minimum atomic E-state index is 0.595. The van der Waals surface area contributed by atoms with Gasteiger partial charge in [-0.15, -0.1) is 0 Å². The summed E-state index contributed by atoms with van der Waals surface area (Å²) in [5.41, 5.74) is 3.56. The lowest BCUT2D eigenvalue weighted by atomic mass is 9.84. The zero-order chi connectivity index (χ0) is 11.5. The number of nitrogens with zero attached hydrogens (tertiary/aromatic N) is 1. The summed E-state index contributed by atoms with van der Waals surface area (Å²) in [5.74, 6) is 0.595. The second kappa shape index (κ2) is 4.74. The zero-order valence-electron chi connectivity index (χ0n) is 9.93. The molecule has 2 aromatic rings. The Kier molecular flexibility index (Phi) is 2.95. The topological polar surface area (TPSA) is 26.0 Å². The molecule has 1 aliphatic rings. The van der Waals surface area contributed by atoms with Crippen molar-refractivity contribution in [1.82, 2.24) is 5.16 Å². The third kappa shape index (κ3) is 2.12. The van der Waals surface area contributed by atoms with Crippen LogP contribution in [0.5, 0.6) is 0 Å². The standard InChI is InChI=1S/C15H17NO/c1-3-7-12(8-4-1)14-11-17-16-15(14)13-9-5-2-6-10-13/h1,3-4,7-8,11,13H,2,5-6,9-10H2. The lowest BCUT2D eigenvalue weighted by molar-refractivity contribution is 0.379. The summed E-state index contributed by atoms with van der Waals surface area (Å²) < 4.78 is 5.20. The van der Waals surface area contributed by atoms with Gasteiger partial charge in [-0.1, -0.05) is 54.8 Å². The normalized spacial score (nSPS) is 17.2. The van der Waals surface area contributed by atoms with Crippen LogP contribution in [-0.2, 0) is 0 Å². The number of rotatable bonds is 2. The van der Waals surface area contributed by atoms with Crippen molar-refractivity contribution >= 4 is 0 Å². The largest absolute Gasteiger partial charge is 0.364 e. The summed E-state index contributed by atoms with van der Waals surface area (Å²) >= 11 is 0. The predicted molar refractivity (Wildman–Crippen MR) is 67.8 cm³/mol. The molecule has 2 nitrogen and oxygen atoms in total. The van der Waals surface area contributed by atoms with Crippen LogP contribution in [-0.4, -0.2) is 5.16 Å². The van der Waals surface area contributed by atoms with Crippen molar-refractivity contribution in [3.05, 3.63) is 42.3 Å². The molecule has 1 fully saturated rings. The minimum Gasteiger partial charge on any atom is -0.364 e. The molecule has 1 aliphatic carbocycles. The second-order valence-corrected chi connectivity index (χ2v) is 4.81. The lowest BCUT2D eigenvalue weighted by Crippen LogP contribution is -2.05. The van der Waals surface area contributed by atoms with Crippen LogP contribution >= 0.6 is 0 Å². The van der Waals surface area contributed by atoms with E-state index in [1.54, 1.807) is 6.26 Å². The Morgan fingerprint density at radius 2 is 1.76 bits per heavy atom. The van der Waals surface area contributed by atoms with Gasteiger partial charge in [0, 0.05) is 11.5 Å². The number of benzene rings is 1. The third-order valence-corrected chi connectivity index (χ3v) is 3.67. The molecule has 0 spiro atoms. The summed E-state index contributed by atoms with van der Waals surface area (Å²) in [7, 11) is 0. The summed E-state index contributed by atoms with van der Waals surface area (Å²) in [6, 6.07) is 10.4. The van der Waals surface area contributed by atoms with Crippen molar-refractivity contribution in [3.8, 4) is 11.1 Å². The Labute approximate surface area is 102 Å². The maximum absolute atomic E-state index is 5.20. The van der Waals surface area contributed by atoms with Gasteiger partial charge in [0.05, 0.1) is 5.69 Å². The molecular formula is C15H17NO. The van der Waals surface area contributed by atoms with Crippen molar-refractivity contribution in [1.29, 1.82) is 0 Å². The molecule has 0 unspecified atom stereocenters. The molecule has 1 aromatic carbocycles. The number of hydrogen-bond acceptors (Lipinski definition) is 2. The molecule has 0 bridgehead atoms. The van der Waals surface area contributed by atoms with Crippen molar-refractivity contribution in [3.63, 3.8) is 0 Å². The van der Waals surface area contributed by atoms with E-state index in [-0.39, 0.29) is 0 Å². The summed E-state index contributed by atoms with van der Waals surface area (Å²) in [6.45, 7) is 0. The number of aromatic nitrogens is 1. The van der Waals surface area contributed by atoms with Gasteiger partial charge in [-0.05, 0) is 18.4 Å². The fraction of sp³-hybridized carbons (Fsp3) is 0.400. The van der Waals surface area contributed by atoms with Crippen LogP contribution < -0.4 is 0 Å². The first-order valence-electron chi connectivity index (χ1n) is 6.45. The fourth-order valence-electron chi connectivity index (χ4n) is 2.75. The van der Waals surface area contributed by atoms with E-state index in [1.807, 2.05) is 6.07 Å². The first kappa shape index (κ1) is 10.6. The molecule has 88 valence electrons. The van der Waals surface area contributed by atoms with Gasteiger partial charge in [0.15, 0.2) is 0 Å². The summed E-state index contributed by atoms with van der Waals surface area (Å²) in [4.78, 5) is 0. The highest BCUT2D eigenvalue weighted by Gasteiger charge is 2.22. The fourth-order valence-corrected chi connectivity index (χ4v) is 2.75. The molecular weight excluding hydrogens is 210 g/mol. The highest BCUT2D eigenvalue weighted by Crippen LogP contribution is 2.37. The minimum absolute atomic E-state index is 0.595. The first-order chi connectivity index (χ1) is 8.45. The van der Waals surface area contributed by atoms with Crippen LogP contribution in [0, 0.1) is 0 Å². The van der Waals surface area contributed by atoms with Crippen LogP contribution in [0.2, 0.25) is 0 Å². The SMILES string of the molecule is c1ccc(-c2conc2C2CCCCC2)cc1. The van der Waals surface area contributed by atoms with Gasteiger partial charge in [0.2, 0.25) is 0 Å². The molecule has 0 aliphatic heterocycles. The average Bonchev–Trinajstić information content (AvgIpc) is 2.90. The molecule has 3 rings (SSSR count). The molecule has 0 amide bonds. The van der Waals surface area contributed by atoms with Crippen molar-refractivity contribution in [2.24, 2.45) is 0 Å². The molecule has 17 heavy (non-hydrogen) atoms. The van der Waals surface area contributed by atoms with Crippen LogP contribution in [0.3, 0.4) is 0 Å².